The summed E-state index contributed by atoms with van der Waals surface area (Å²) in [5.74, 6) is 0.992. The average Bonchev–Trinajstić information content (AvgIpc) is 2.68. The highest BCUT2D eigenvalue weighted by Crippen LogP contribution is 2.42. The first kappa shape index (κ1) is 15.3. The topological polar surface area (TPSA) is 39.7 Å². The van der Waals surface area contributed by atoms with Crippen molar-refractivity contribution < 1.29 is 14.2 Å². The molecule has 1 aliphatic heterocycles. The summed E-state index contributed by atoms with van der Waals surface area (Å²) < 4.78 is 16.4. The van der Waals surface area contributed by atoms with Gasteiger partial charge in [-0.05, 0) is 32.9 Å². The smallest absolute Gasteiger partial charge is 0.125 e. The standard InChI is InChI=1S/C16H25NO3/c1-16(2)15(13-7-4-5-8-14(13)20-16)17-9-6-10-19-12-11-18-3/h4-5,7-8,15,17H,6,9-12H2,1-3H3. The molecule has 0 aromatic heterocycles. The molecule has 1 aromatic rings. The van der Waals surface area contributed by atoms with Crippen LogP contribution in [-0.2, 0) is 9.47 Å². The molecule has 1 N–H and O–H groups in total. The summed E-state index contributed by atoms with van der Waals surface area (Å²) >= 11 is 0. The molecule has 4 heteroatoms. The maximum absolute atomic E-state index is 6.01. The van der Waals surface area contributed by atoms with Crippen LogP contribution in [0.1, 0.15) is 31.9 Å². The van der Waals surface area contributed by atoms with Crippen LogP contribution in [0.15, 0.2) is 24.3 Å². The molecule has 0 fully saturated rings. The van der Waals surface area contributed by atoms with E-state index in [0.29, 0.717) is 13.2 Å². The summed E-state index contributed by atoms with van der Waals surface area (Å²) in [7, 11) is 1.69. The predicted octanol–water partition coefficient (Wildman–Crippen LogP) is 2.54. The maximum atomic E-state index is 6.01. The molecule has 0 amide bonds. The van der Waals surface area contributed by atoms with Gasteiger partial charge in [0, 0.05) is 19.3 Å². The summed E-state index contributed by atoms with van der Waals surface area (Å²) in [5.41, 5.74) is 1.04. The monoisotopic (exact) mass is 279 g/mol. The van der Waals surface area contributed by atoms with Gasteiger partial charge in [-0.25, -0.2) is 0 Å². The summed E-state index contributed by atoms with van der Waals surface area (Å²) in [6.45, 7) is 7.24. The highest BCUT2D eigenvalue weighted by atomic mass is 16.5. The molecule has 0 spiro atoms. The van der Waals surface area contributed by atoms with E-state index in [1.54, 1.807) is 7.11 Å². The van der Waals surface area contributed by atoms with Crippen molar-refractivity contribution in [1.29, 1.82) is 0 Å². The largest absolute Gasteiger partial charge is 0.486 e. The van der Waals surface area contributed by atoms with Gasteiger partial charge in [0.05, 0.1) is 19.3 Å². The second kappa shape index (κ2) is 7.07. The van der Waals surface area contributed by atoms with Gasteiger partial charge in [-0.1, -0.05) is 18.2 Å². The first-order valence-electron chi connectivity index (χ1n) is 7.23. The second-order valence-corrected chi connectivity index (χ2v) is 5.59. The molecule has 0 bridgehead atoms. The minimum absolute atomic E-state index is 0.208. The van der Waals surface area contributed by atoms with Crippen molar-refractivity contribution in [3.8, 4) is 5.75 Å². The Bertz CT molecular complexity index is 420. The first-order valence-corrected chi connectivity index (χ1v) is 7.23. The number of ether oxygens (including phenoxy) is 3. The Hall–Kier alpha value is -1.10. The van der Waals surface area contributed by atoms with Crippen LogP contribution in [0.2, 0.25) is 0 Å². The molecule has 1 aliphatic rings. The molecule has 1 atom stereocenters. The van der Waals surface area contributed by atoms with Gasteiger partial charge in [-0.3, -0.25) is 0 Å². The molecule has 0 saturated heterocycles. The Morgan fingerprint density at radius 1 is 1.20 bits per heavy atom. The summed E-state index contributed by atoms with van der Waals surface area (Å²) in [4.78, 5) is 0. The molecule has 112 valence electrons. The summed E-state index contributed by atoms with van der Waals surface area (Å²) in [6, 6.07) is 8.48. The zero-order valence-corrected chi connectivity index (χ0v) is 12.6. The van der Waals surface area contributed by atoms with Gasteiger partial charge in [0.2, 0.25) is 0 Å². The molecule has 4 nitrogen and oxygen atoms in total. The van der Waals surface area contributed by atoms with E-state index in [9.17, 15) is 0 Å². The fourth-order valence-corrected chi connectivity index (χ4v) is 2.55. The molecule has 0 aliphatic carbocycles. The van der Waals surface area contributed by atoms with Crippen LogP contribution in [0, 0.1) is 0 Å². The van der Waals surface area contributed by atoms with Crippen molar-refractivity contribution in [2.45, 2.75) is 31.9 Å². The van der Waals surface area contributed by atoms with Crippen molar-refractivity contribution in [3.63, 3.8) is 0 Å². The molecule has 1 unspecified atom stereocenters. The minimum atomic E-state index is -0.208. The van der Waals surface area contributed by atoms with E-state index >= 15 is 0 Å². The van der Waals surface area contributed by atoms with E-state index in [4.69, 9.17) is 14.2 Å². The minimum Gasteiger partial charge on any atom is -0.486 e. The second-order valence-electron chi connectivity index (χ2n) is 5.59. The van der Waals surface area contributed by atoms with E-state index in [-0.39, 0.29) is 11.6 Å². The van der Waals surface area contributed by atoms with Crippen molar-refractivity contribution in [2.24, 2.45) is 0 Å². The third kappa shape index (κ3) is 3.72. The number of fused-ring (bicyclic) bond motifs is 1. The fraction of sp³-hybridized carbons (Fsp3) is 0.625. The lowest BCUT2D eigenvalue weighted by Gasteiger charge is -2.27. The third-order valence-electron chi connectivity index (χ3n) is 3.54. The van der Waals surface area contributed by atoms with E-state index in [1.807, 2.05) is 12.1 Å². The number of hydrogen-bond acceptors (Lipinski definition) is 4. The molecular formula is C16H25NO3. The van der Waals surface area contributed by atoms with E-state index in [2.05, 4.69) is 31.3 Å². The van der Waals surface area contributed by atoms with Crippen molar-refractivity contribution >= 4 is 0 Å². The van der Waals surface area contributed by atoms with Crippen LogP contribution >= 0.6 is 0 Å². The van der Waals surface area contributed by atoms with Crippen LogP contribution < -0.4 is 10.1 Å². The predicted molar refractivity (Wildman–Crippen MR) is 79.2 cm³/mol. The van der Waals surface area contributed by atoms with Crippen molar-refractivity contribution in [3.05, 3.63) is 29.8 Å². The highest BCUT2D eigenvalue weighted by Gasteiger charge is 2.40. The fourth-order valence-electron chi connectivity index (χ4n) is 2.55. The van der Waals surface area contributed by atoms with Gasteiger partial charge in [-0.15, -0.1) is 0 Å². The number of para-hydroxylation sites is 1. The number of benzene rings is 1. The zero-order chi connectivity index (χ0) is 14.4. The van der Waals surface area contributed by atoms with Gasteiger partial charge in [0.1, 0.15) is 11.4 Å². The lowest BCUT2D eigenvalue weighted by atomic mass is 9.94. The van der Waals surface area contributed by atoms with E-state index in [1.165, 1.54) is 5.56 Å². The summed E-state index contributed by atoms with van der Waals surface area (Å²) in [6.07, 6.45) is 0.985. The SMILES string of the molecule is COCCOCCCNC1c2ccccc2OC1(C)C. The van der Waals surface area contributed by atoms with Crippen LogP contribution in [0.4, 0.5) is 0 Å². The Labute approximate surface area is 121 Å². The number of hydrogen-bond donors (Lipinski definition) is 1. The number of rotatable bonds is 8. The Balaban J connectivity index is 1.77. The normalized spacial score (nSPS) is 19.6. The van der Waals surface area contributed by atoms with Crippen LogP contribution in [0.5, 0.6) is 5.75 Å². The van der Waals surface area contributed by atoms with Crippen molar-refractivity contribution in [1.82, 2.24) is 5.32 Å². The number of nitrogens with one attached hydrogen (secondary N) is 1. The van der Waals surface area contributed by atoms with Crippen LogP contribution in [0.3, 0.4) is 0 Å². The van der Waals surface area contributed by atoms with Crippen LogP contribution in [0.25, 0.3) is 0 Å². The quantitative estimate of drug-likeness (QED) is 0.742. The van der Waals surface area contributed by atoms with Gasteiger partial charge in [0.15, 0.2) is 0 Å². The Morgan fingerprint density at radius 3 is 2.80 bits per heavy atom. The number of methoxy groups -OCH3 is 1. The molecule has 2 rings (SSSR count). The zero-order valence-electron chi connectivity index (χ0n) is 12.6. The highest BCUT2D eigenvalue weighted by molar-refractivity contribution is 5.42. The third-order valence-corrected chi connectivity index (χ3v) is 3.54. The van der Waals surface area contributed by atoms with Gasteiger partial charge in [0.25, 0.3) is 0 Å². The average molecular weight is 279 g/mol. The maximum Gasteiger partial charge on any atom is 0.125 e. The van der Waals surface area contributed by atoms with E-state index < -0.39 is 0 Å². The van der Waals surface area contributed by atoms with Gasteiger partial charge < -0.3 is 19.5 Å². The Morgan fingerprint density at radius 2 is 2.00 bits per heavy atom. The molecule has 1 aromatic carbocycles. The molecule has 0 saturated carbocycles. The first-order chi connectivity index (χ1) is 9.65. The molecule has 1 heterocycles. The van der Waals surface area contributed by atoms with E-state index in [0.717, 1.165) is 25.3 Å². The Kier molecular flexibility index (Phi) is 5.40. The molecule has 20 heavy (non-hydrogen) atoms. The van der Waals surface area contributed by atoms with Gasteiger partial charge >= 0.3 is 0 Å². The summed E-state index contributed by atoms with van der Waals surface area (Å²) in [5, 5.41) is 3.58. The lowest BCUT2D eigenvalue weighted by molar-refractivity contribution is 0.0663. The van der Waals surface area contributed by atoms with Crippen LogP contribution in [-0.4, -0.2) is 39.1 Å². The lowest BCUT2D eigenvalue weighted by Crippen LogP contribution is -2.39. The molecule has 0 radical (unpaired) electrons. The van der Waals surface area contributed by atoms with Crippen molar-refractivity contribution in [2.75, 3.05) is 33.5 Å². The van der Waals surface area contributed by atoms with Gasteiger partial charge in [-0.2, -0.15) is 0 Å². The molecular weight excluding hydrogens is 254 g/mol.